The summed E-state index contributed by atoms with van der Waals surface area (Å²) in [4.78, 5) is 22.9. The van der Waals surface area contributed by atoms with E-state index < -0.39 is 5.92 Å². The summed E-state index contributed by atoms with van der Waals surface area (Å²) in [5.74, 6) is -2.91. The van der Waals surface area contributed by atoms with Gasteiger partial charge in [0.2, 0.25) is 0 Å². The summed E-state index contributed by atoms with van der Waals surface area (Å²) < 4.78 is 27.0. The van der Waals surface area contributed by atoms with Gasteiger partial charge in [-0.3, -0.25) is 24.8 Å². The van der Waals surface area contributed by atoms with Crippen LogP contribution in [0.4, 0.5) is 14.5 Å². The van der Waals surface area contributed by atoms with Crippen LogP contribution in [-0.4, -0.2) is 50.0 Å². The number of carbonyl (C=O) groups excluding carboxylic acids is 1. The van der Waals surface area contributed by atoms with Gasteiger partial charge in [-0.05, 0) is 29.7 Å². The van der Waals surface area contributed by atoms with Gasteiger partial charge in [0.15, 0.2) is 5.69 Å². The Hall–Kier alpha value is -3.46. The molecule has 4 heterocycles. The van der Waals surface area contributed by atoms with Gasteiger partial charge in [0.1, 0.15) is 0 Å². The number of hydrogen-bond donors (Lipinski definition) is 2. The Kier molecular flexibility index (Phi) is 5.26. The van der Waals surface area contributed by atoms with Crippen LogP contribution in [0.1, 0.15) is 40.4 Å². The maximum atomic E-state index is 13.5. The van der Waals surface area contributed by atoms with Crippen LogP contribution in [0.15, 0.2) is 43.0 Å². The first-order chi connectivity index (χ1) is 15.5. The first-order valence-electron chi connectivity index (χ1n) is 10.5. The summed E-state index contributed by atoms with van der Waals surface area (Å²) in [7, 11) is 0. The lowest BCUT2D eigenvalue weighted by Crippen LogP contribution is -2.32. The highest BCUT2D eigenvalue weighted by Crippen LogP contribution is 2.29. The van der Waals surface area contributed by atoms with E-state index in [1.165, 1.54) is 0 Å². The minimum absolute atomic E-state index is 0.0116. The SMILES string of the molecule is O=C(Nc1cccnc1)c1n[nH]c2c1=C[C@@H](c1cncc(CN3CCC(F)(F)C3)c1)CC=2. The Morgan fingerprint density at radius 2 is 2.19 bits per heavy atom. The third kappa shape index (κ3) is 4.29. The molecular weight excluding hydrogens is 414 g/mol. The third-order valence-corrected chi connectivity index (χ3v) is 5.81. The number of likely N-dealkylation sites (tertiary alicyclic amines) is 1. The van der Waals surface area contributed by atoms with Crippen molar-refractivity contribution < 1.29 is 13.6 Å². The van der Waals surface area contributed by atoms with Crippen molar-refractivity contribution in [3.05, 3.63) is 70.4 Å². The Morgan fingerprint density at radius 3 is 2.97 bits per heavy atom. The van der Waals surface area contributed by atoms with Gasteiger partial charge in [-0.15, -0.1) is 0 Å². The van der Waals surface area contributed by atoms with Gasteiger partial charge >= 0.3 is 0 Å². The molecular formula is C23H22F2N6O. The van der Waals surface area contributed by atoms with E-state index in [0.29, 0.717) is 24.5 Å². The molecule has 1 saturated heterocycles. The quantitative estimate of drug-likeness (QED) is 0.639. The molecule has 1 atom stereocenters. The number of H-pyrrole nitrogens is 1. The Morgan fingerprint density at radius 1 is 1.28 bits per heavy atom. The number of rotatable bonds is 5. The van der Waals surface area contributed by atoms with E-state index in [9.17, 15) is 13.6 Å². The lowest BCUT2D eigenvalue weighted by molar-refractivity contribution is 0.0115. The van der Waals surface area contributed by atoms with E-state index in [-0.39, 0.29) is 24.8 Å². The molecule has 1 fully saturated rings. The van der Waals surface area contributed by atoms with E-state index >= 15 is 0 Å². The van der Waals surface area contributed by atoms with E-state index in [1.54, 1.807) is 41.8 Å². The van der Waals surface area contributed by atoms with Gasteiger partial charge in [-0.1, -0.05) is 18.2 Å². The number of carbonyl (C=O) groups is 1. The number of aromatic amines is 1. The molecule has 0 spiro atoms. The molecule has 1 aliphatic heterocycles. The molecule has 3 aromatic heterocycles. The molecule has 2 N–H and O–H groups in total. The maximum absolute atomic E-state index is 13.5. The lowest BCUT2D eigenvalue weighted by Gasteiger charge is -2.18. The van der Waals surface area contributed by atoms with Crippen LogP contribution in [0.3, 0.4) is 0 Å². The van der Waals surface area contributed by atoms with Crippen LogP contribution in [0.25, 0.3) is 12.2 Å². The summed E-state index contributed by atoms with van der Waals surface area (Å²) in [5, 5.41) is 11.5. The van der Waals surface area contributed by atoms with Crippen molar-refractivity contribution in [2.75, 3.05) is 18.4 Å². The van der Waals surface area contributed by atoms with E-state index in [2.05, 4.69) is 25.5 Å². The Labute approximate surface area is 182 Å². The second kappa shape index (κ2) is 8.23. The van der Waals surface area contributed by atoms with Crippen LogP contribution in [0, 0.1) is 0 Å². The molecule has 9 heteroatoms. The normalized spacial score (nSPS) is 19.6. The van der Waals surface area contributed by atoms with Crippen molar-refractivity contribution in [2.24, 2.45) is 0 Å². The second-order valence-electron chi connectivity index (χ2n) is 8.25. The van der Waals surface area contributed by atoms with E-state index in [0.717, 1.165) is 28.1 Å². The fourth-order valence-electron chi connectivity index (χ4n) is 4.23. The topological polar surface area (TPSA) is 86.8 Å². The molecule has 2 aliphatic rings. The number of aromatic nitrogens is 4. The van der Waals surface area contributed by atoms with Crippen molar-refractivity contribution in [3.8, 4) is 0 Å². The van der Waals surface area contributed by atoms with Gasteiger partial charge in [0.25, 0.3) is 11.8 Å². The molecule has 164 valence electrons. The fourth-order valence-corrected chi connectivity index (χ4v) is 4.23. The van der Waals surface area contributed by atoms with Gasteiger partial charge in [0.05, 0.1) is 23.8 Å². The van der Waals surface area contributed by atoms with Gasteiger partial charge < -0.3 is 5.32 Å². The van der Waals surface area contributed by atoms with Crippen molar-refractivity contribution in [1.29, 1.82) is 0 Å². The standard InChI is InChI=1S/C23H22F2N6O/c24-23(25)5-7-31(14-23)13-15-8-17(11-27-10-15)16-3-4-20-19(9-16)21(30-29-20)22(32)28-18-2-1-6-26-12-18/h1-2,4,6,8-12,16,29H,3,5,7,13-14H2,(H,28,32)/t16-/m0/s1. The van der Waals surface area contributed by atoms with Crippen molar-refractivity contribution in [2.45, 2.75) is 31.2 Å². The zero-order chi connectivity index (χ0) is 22.1. The zero-order valence-electron chi connectivity index (χ0n) is 17.3. The molecule has 0 saturated carbocycles. The maximum Gasteiger partial charge on any atom is 0.276 e. The Bertz CT molecular complexity index is 1260. The highest BCUT2D eigenvalue weighted by atomic mass is 19.3. The van der Waals surface area contributed by atoms with Crippen LogP contribution in [0.5, 0.6) is 0 Å². The lowest BCUT2D eigenvalue weighted by atomic mass is 9.92. The number of anilines is 1. The first kappa shape index (κ1) is 20.4. The summed E-state index contributed by atoms with van der Waals surface area (Å²) >= 11 is 0. The van der Waals surface area contributed by atoms with Crippen molar-refractivity contribution >= 4 is 23.7 Å². The second-order valence-corrected chi connectivity index (χ2v) is 8.25. The Balaban J connectivity index is 1.37. The highest BCUT2D eigenvalue weighted by Gasteiger charge is 2.37. The predicted octanol–water partition coefficient (Wildman–Crippen LogP) is 2.04. The summed E-state index contributed by atoms with van der Waals surface area (Å²) in [5.41, 5.74) is 2.79. The molecule has 5 rings (SSSR count). The molecule has 7 nitrogen and oxygen atoms in total. The molecule has 0 bridgehead atoms. The van der Waals surface area contributed by atoms with Crippen LogP contribution >= 0.6 is 0 Å². The number of hydrogen-bond acceptors (Lipinski definition) is 5. The number of amides is 1. The minimum atomic E-state index is -2.61. The smallest absolute Gasteiger partial charge is 0.276 e. The number of nitrogens with one attached hydrogen (secondary N) is 2. The third-order valence-electron chi connectivity index (χ3n) is 5.81. The number of fused-ring (bicyclic) bond motifs is 1. The summed E-state index contributed by atoms with van der Waals surface area (Å²) in [6.07, 6.45) is 11.4. The average molecular weight is 436 g/mol. The molecule has 0 unspecified atom stereocenters. The van der Waals surface area contributed by atoms with Crippen molar-refractivity contribution in [1.82, 2.24) is 25.1 Å². The summed E-state index contributed by atoms with van der Waals surface area (Å²) in [6, 6.07) is 5.52. The molecule has 1 amide bonds. The molecule has 3 aromatic rings. The molecule has 0 aromatic carbocycles. The van der Waals surface area contributed by atoms with Gasteiger partial charge in [-0.2, -0.15) is 5.10 Å². The fraction of sp³-hybridized carbons (Fsp3) is 0.304. The summed E-state index contributed by atoms with van der Waals surface area (Å²) in [6.45, 7) is 0.616. The molecule has 0 radical (unpaired) electrons. The van der Waals surface area contributed by atoms with Crippen LogP contribution < -0.4 is 15.9 Å². The largest absolute Gasteiger partial charge is 0.319 e. The van der Waals surface area contributed by atoms with Gasteiger partial charge in [-0.25, -0.2) is 8.78 Å². The minimum Gasteiger partial charge on any atom is -0.319 e. The monoisotopic (exact) mass is 436 g/mol. The van der Waals surface area contributed by atoms with Gasteiger partial charge in [0, 0.05) is 49.2 Å². The molecule has 1 aliphatic carbocycles. The number of halogens is 2. The first-order valence-corrected chi connectivity index (χ1v) is 10.5. The van der Waals surface area contributed by atoms with Crippen molar-refractivity contribution in [3.63, 3.8) is 0 Å². The van der Waals surface area contributed by atoms with E-state index in [1.807, 2.05) is 18.2 Å². The predicted molar refractivity (Wildman–Crippen MR) is 115 cm³/mol. The molecule has 32 heavy (non-hydrogen) atoms. The van der Waals surface area contributed by atoms with Crippen LogP contribution in [0.2, 0.25) is 0 Å². The van der Waals surface area contributed by atoms with Crippen LogP contribution in [-0.2, 0) is 6.54 Å². The highest BCUT2D eigenvalue weighted by molar-refractivity contribution is 6.03. The van der Waals surface area contributed by atoms with E-state index in [4.69, 9.17) is 0 Å². The number of alkyl halides is 2. The number of pyridine rings is 2. The zero-order valence-corrected chi connectivity index (χ0v) is 17.3. The number of nitrogens with zero attached hydrogens (tertiary/aromatic N) is 4. The average Bonchev–Trinajstić information content (AvgIpc) is 3.36.